The van der Waals surface area contributed by atoms with Crippen LogP contribution in [0.1, 0.15) is 13.3 Å². The molecule has 0 aliphatic rings. The largest absolute Gasteiger partial charge is 0.355 e. The highest BCUT2D eigenvalue weighted by Crippen LogP contribution is 2.16. The maximum atomic E-state index is 11.9. The van der Waals surface area contributed by atoms with E-state index in [1.165, 1.54) is 24.6 Å². The van der Waals surface area contributed by atoms with Crippen LogP contribution in [0.25, 0.3) is 0 Å². The number of anilines is 1. The predicted octanol–water partition coefficient (Wildman–Crippen LogP) is 0.507. The van der Waals surface area contributed by atoms with Crippen molar-refractivity contribution in [2.45, 2.75) is 18.2 Å². The third kappa shape index (κ3) is 3.89. The summed E-state index contributed by atoms with van der Waals surface area (Å²) in [5, 5.41) is 0. The van der Waals surface area contributed by atoms with E-state index >= 15 is 0 Å². The summed E-state index contributed by atoms with van der Waals surface area (Å²) in [7, 11) is -0.414. The Morgan fingerprint density at radius 3 is 2.37 bits per heavy atom. The van der Waals surface area contributed by atoms with Crippen LogP contribution >= 0.6 is 0 Å². The molecule has 0 fully saturated rings. The molecule has 0 amide bonds. The van der Waals surface area contributed by atoms with Gasteiger partial charge in [-0.1, -0.05) is 6.92 Å². The minimum absolute atomic E-state index is 0.199. The van der Waals surface area contributed by atoms with Crippen LogP contribution in [0.15, 0.2) is 23.2 Å². The van der Waals surface area contributed by atoms with Gasteiger partial charge in [-0.2, -0.15) is 0 Å². The fourth-order valence-corrected chi connectivity index (χ4v) is 2.54. The van der Waals surface area contributed by atoms with Crippen LogP contribution < -0.4 is 10.6 Å². The van der Waals surface area contributed by atoms with E-state index in [-0.39, 0.29) is 4.90 Å². The highest BCUT2D eigenvalue weighted by Gasteiger charge is 2.18. The second kappa shape index (κ2) is 6.83. The van der Waals surface area contributed by atoms with Crippen LogP contribution in [-0.4, -0.2) is 51.4 Å². The zero-order valence-corrected chi connectivity index (χ0v) is 12.5. The van der Waals surface area contributed by atoms with Gasteiger partial charge in [0.05, 0.1) is 0 Å². The topological polar surface area (TPSA) is 79.5 Å². The first-order valence-electron chi connectivity index (χ1n) is 6.27. The van der Waals surface area contributed by atoms with Crippen molar-refractivity contribution < 1.29 is 8.42 Å². The monoisotopic (exact) mass is 286 g/mol. The molecule has 1 aromatic heterocycles. The van der Waals surface area contributed by atoms with Crippen LogP contribution in [0.3, 0.4) is 0 Å². The first-order valence-corrected chi connectivity index (χ1v) is 7.71. The third-order valence-corrected chi connectivity index (χ3v) is 4.51. The predicted molar refractivity (Wildman–Crippen MR) is 76.7 cm³/mol. The maximum Gasteiger partial charge on any atom is 0.244 e. The van der Waals surface area contributed by atoms with Crippen molar-refractivity contribution >= 4 is 15.8 Å². The standard InChI is InChI=1S/C12H22N4O2S/c1-4-8-16(9-7-13)12-6-5-11(10-14-12)19(17,18)15(2)3/h5-6,10H,4,7-9,13H2,1-3H3. The third-order valence-electron chi connectivity index (χ3n) is 2.72. The Morgan fingerprint density at radius 1 is 1.26 bits per heavy atom. The van der Waals surface area contributed by atoms with Crippen molar-refractivity contribution in [3.8, 4) is 0 Å². The number of nitrogens with two attached hydrogens (primary N) is 1. The Morgan fingerprint density at radius 2 is 1.95 bits per heavy atom. The van der Waals surface area contributed by atoms with Gasteiger partial charge in [-0.3, -0.25) is 0 Å². The molecule has 0 aromatic carbocycles. The molecule has 0 aliphatic carbocycles. The molecule has 0 saturated carbocycles. The number of sulfonamides is 1. The number of aromatic nitrogens is 1. The van der Waals surface area contributed by atoms with Crippen LogP contribution in [0.2, 0.25) is 0 Å². The molecule has 7 heteroatoms. The van der Waals surface area contributed by atoms with Crippen molar-refractivity contribution in [3.05, 3.63) is 18.3 Å². The molecule has 6 nitrogen and oxygen atoms in total. The highest BCUT2D eigenvalue weighted by atomic mass is 32.2. The Labute approximate surface area is 115 Å². The van der Waals surface area contributed by atoms with Crippen molar-refractivity contribution in [1.29, 1.82) is 0 Å². The van der Waals surface area contributed by atoms with Gasteiger partial charge in [0, 0.05) is 39.9 Å². The molecular weight excluding hydrogens is 264 g/mol. The summed E-state index contributed by atoms with van der Waals surface area (Å²) in [6.07, 6.45) is 2.38. The zero-order chi connectivity index (χ0) is 14.5. The van der Waals surface area contributed by atoms with Crippen LogP contribution in [0.5, 0.6) is 0 Å². The molecule has 0 unspecified atom stereocenters. The average Bonchev–Trinajstić information content (AvgIpc) is 2.38. The normalized spacial score (nSPS) is 11.8. The van der Waals surface area contributed by atoms with E-state index in [9.17, 15) is 8.42 Å². The number of hydrogen-bond donors (Lipinski definition) is 1. The van der Waals surface area contributed by atoms with E-state index in [1.54, 1.807) is 12.1 Å². The van der Waals surface area contributed by atoms with Crippen LogP contribution in [-0.2, 0) is 10.0 Å². The second-order valence-electron chi connectivity index (χ2n) is 4.42. The van der Waals surface area contributed by atoms with Crippen molar-refractivity contribution in [2.24, 2.45) is 5.73 Å². The van der Waals surface area contributed by atoms with Crippen LogP contribution in [0.4, 0.5) is 5.82 Å². The van der Waals surface area contributed by atoms with Crippen molar-refractivity contribution in [1.82, 2.24) is 9.29 Å². The molecule has 2 N–H and O–H groups in total. The van der Waals surface area contributed by atoms with E-state index in [1.807, 2.05) is 4.90 Å². The van der Waals surface area contributed by atoms with E-state index in [0.29, 0.717) is 13.1 Å². The summed E-state index contributed by atoms with van der Waals surface area (Å²) >= 11 is 0. The summed E-state index contributed by atoms with van der Waals surface area (Å²) in [4.78, 5) is 6.48. The Kier molecular flexibility index (Phi) is 5.71. The molecule has 1 heterocycles. The smallest absolute Gasteiger partial charge is 0.244 e. The molecule has 0 atom stereocenters. The molecular formula is C12H22N4O2S. The first kappa shape index (κ1) is 15.9. The summed E-state index contributed by atoms with van der Waals surface area (Å²) in [6.45, 7) is 4.18. The molecule has 108 valence electrons. The van der Waals surface area contributed by atoms with E-state index in [0.717, 1.165) is 18.8 Å². The molecule has 0 aliphatic heterocycles. The molecule has 0 saturated heterocycles. The molecule has 0 radical (unpaired) electrons. The summed E-state index contributed by atoms with van der Waals surface area (Å²) in [5.74, 6) is 0.755. The number of nitrogens with zero attached hydrogens (tertiary/aromatic N) is 3. The minimum Gasteiger partial charge on any atom is -0.355 e. The van der Waals surface area contributed by atoms with Gasteiger partial charge in [0.25, 0.3) is 0 Å². The van der Waals surface area contributed by atoms with E-state index in [2.05, 4.69) is 11.9 Å². The molecule has 0 bridgehead atoms. The summed E-state index contributed by atoms with van der Waals surface area (Å²) in [5.41, 5.74) is 5.56. The second-order valence-corrected chi connectivity index (χ2v) is 6.57. The van der Waals surface area contributed by atoms with Gasteiger partial charge < -0.3 is 10.6 Å². The number of hydrogen-bond acceptors (Lipinski definition) is 5. The van der Waals surface area contributed by atoms with Crippen molar-refractivity contribution in [2.75, 3.05) is 38.6 Å². The zero-order valence-electron chi connectivity index (χ0n) is 11.7. The first-order chi connectivity index (χ1) is 8.93. The lowest BCUT2D eigenvalue weighted by atomic mass is 10.3. The maximum absolute atomic E-state index is 11.9. The van der Waals surface area contributed by atoms with Gasteiger partial charge in [0.2, 0.25) is 10.0 Å². The van der Waals surface area contributed by atoms with Crippen LogP contribution in [0, 0.1) is 0 Å². The quantitative estimate of drug-likeness (QED) is 0.790. The van der Waals surface area contributed by atoms with E-state index in [4.69, 9.17) is 5.73 Å². The SMILES string of the molecule is CCCN(CCN)c1ccc(S(=O)(=O)N(C)C)cn1. The van der Waals surface area contributed by atoms with Gasteiger partial charge in [0.1, 0.15) is 10.7 Å². The Balaban J connectivity index is 2.98. The molecule has 0 spiro atoms. The minimum atomic E-state index is -3.42. The summed E-state index contributed by atoms with van der Waals surface area (Å²) < 4.78 is 25.0. The highest BCUT2D eigenvalue weighted by molar-refractivity contribution is 7.89. The summed E-state index contributed by atoms with van der Waals surface area (Å²) in [6, 6.07) is 3.30. The number of rotatable bonds is 7. The fourth-order valence-electron chi connectivity index (χ4n) is 1.69. The lowest BCUT2D eigenvalue weighted by molar-refractivity contribution is 0.520. The van der Waals surface area contributed by atoms with Gasteiger partial charge >= 0.3 is 0 Å². The van der Waals surface area contributed by atoms with Gasteiger partial charge in [0.15, 0.2) is 0 Å². The van der Waals surface area contributed by atoms with Crippen molar-refractivity contribution in [3.63, 3.8) is 0 Å². The average molecular weight is 286 g/mol. The lowest BCUT2D eigenvalue weighted by Crippen LogP contribution is -2.31. The van der Waals surface area contributed by atoms with E-state index < -0.39 is 10.0 Å². The number of pyridine rings is 1. The van der Waals surface area contributed by atoms with Gasteiger partial charge in [-0.05, 0) is 18.6 Å². The lowest BCUT2D eigenvalue weighted by Gasteiger charge is -2.22. The fraction of sp³-hybridized carbons (Fsp3) is 0.583. The Hall–Kier alpha value is -1.18. The molecule has 1 rings (SSSR count). The Bertz CT molecular complexity index is 479. The van der Waals surface area contributed by atoms with Gasteiger partial charge in [-0.25, -0.2) is 17.7 Å². The molecule has 19 heavy (non-hydrogen) atoms. The van der Waals surface area contributed by atoms with Gasteiger partial charge in [-0.15, -0.1) is 0 Å². The molecule has 1 aromatic rings.